The Morgan fingerprint density at radius 1 is 0.955 bits per heavy atom. The molecule has 126 valence electrons. The first-order chi connectivity index (χ1) is 10.5. The van der Waals surface area contributed by atoms with Gasteiger partial charge in [-0.3, -0.25) is 0 Å². The molecule has 0 heterocycles. The Balaban J connectivity index is 2.22. The Kier molecular flexibility index (Phi) is 10.2. The number of halogens is 2. The quantitative estimate of drug-likeness (QED) is 0.315. The van der Waals surface area contributed by atoms with Gasteiger partial charge in [0.15, 0.2) is 0 Å². The largest absolute Gasteiger partial charge is 0.508 e. The summed E-state index contributed by atoms with van der Waals surface area (Å²) in [6, 6.07) is 4.81. The second-order valence-corrected chi connectivity index (χ2v) is 8.59. The van der Waals surface area contributed by atoms with Crippen molar-refractivity contribution >= 4 is 31.9 Å². The summed E-state index contributed by atoms with van der Waals surface area (Å²) in [7, 11) is 0. The molecule has 0 fully saturated rings. The van der Waals surface area contributed by atoms with Crippen LogP contribution >= 0.6 is 31.9 Å². The van der Waals surface area contributed by atoms with Crippen molar-refractivity contribution in [2.24, 2.45) is 0 Å². The molecule has 4 heteroatoms. The van der Waals surface area contributed by atoms with Crippen LogP contribution in [-0.2, 0) is 6.42 Å². The number of hydrogen-bond donors (Lipinski definition) is 2. The molecule has 1 rings (SSSR count). The van der Waals surface area contributed by atoms with Crippen molar-refractivity contribution in [1.29, 1.82) is 0 Å². The number of unbranched alkanes of at least 4 members (excludes halogenated alkanes) is 5. The first-order valence-corrected chi connectivity index (χ1v) is 10.1. The smallest absolute Gasteiger partial charge is 0.122 e. The van der Waals surface area contributed by atoms with E-state index in [4.69, 9.17) is 0 Å². The minimum atomic E-state index is 0.105. The molecule has 0 aromatic heterocycles. The lowest BCUT2D eigenvalue weighted by Crippen LogP contribution is -2.10. The van der Waals surface area contributed by atoms with Gasteiger partial charge in [-0.1, -0.05) is 83.4 Å². The maximum Gasteiger partial charge on any atom is 0.122 e. The van der Waals surface area contributed by atoms with Crippen LogP contribution < -0.4 is 0 Å². The summed E-state index contributed by atoms with van der Waals surface area (Å²) in [5.74, 6) is 0.278. The fourth-order valence-electron chi connectivity index (χ4n) is 2.59. The Hall–Kier alpha value is -0.220. The zero-order valence-corrected chi connectivity index (χ0v) is 16.6. The van der Waals surface area contributed by atoms with E-state index in [2.05, 4.69) is 38.8 Å². The monoisotopic (exact) mass is 434 g/mol. The van der Waals surface area contributed by atoms with Crippen LogP contribution in [0.1, 0.15) is 63.9 Å². The van der Waals surface area contributed by atoms with Gasteiger partial charge in [0.2, 0.25) is 0 Å². The Morgan fingerprint density at radius 2 is 1.64 bits per heavy atom. The van der Waals surface area contributed by atoms with Gasteiger partial charge in [0.1, 0.15) is 11.5 Å². The van der Waals surface area contributed by atoms with Crippen molar-refractivity contribution in [3.05, 3.63) is 23.8 Å². The second kappa shape index (κ2) is 11.3. The highest BCUT2D eigenvalue weighted by Crippen LogP contribution is 2.28. The zero-order valence-electron chi connectivity index (χ0n) is 13.4. The number of alkyl halides is 2. The van der Waals surface area contributed by atoms with Crippen molar-refractivity contribution in [3.63, 3.8) is 0 Å². The van der Waals surface area contributed by atoms with Crippen molar-refractivity contribution in [1.82, 2.24) is 0 Å². The molecule has 0 bridgehead atoms. The standard InChI is InChI=1S/C18H28Br2O2/c1-2-3-4-5-6-7-8-15(19)12-16(20)11-14-9-10-17(21)13-18(14)22/h9-10,13,15-16,21-22H,2-8,11-12H2,1H3. The van der Waals surface area contributed by atoms with Crippen LogP contribution in [0.5, 0.6) is 11.5 Å². The van der Waals surface area contributed by atoms with Crippen LogP contribution in [0.15, 0.2) is 18.2 Å². The lowest BCUT2D eigenvalue weighted by Gasteiger charge is -2.15. The van der Waals surface area contributed by atoms with E-state index in [1.165, 1.54) is 51.0 Å². The van der Waals surface area contributed by atoms with Crippen LogP contribution in [0.2, 0.25) is 0 Å². The Bertz CT molecular complexity index is 424. The zero-order chi connectivity index (χ0) is 16.4. The van der Waals surface area contributed by atoms with Crippen LogP contribution in [0.4, 0.5) is 0 Å². The summed E-state index contributed by atoms with van der Waals surface area (Å²) in [6.45, 7) is 2.25. The molecule has 22 heavy (non-hydrogen) atoms. The first kappa shape index (κ1) is 19.8. The molecule has 1 aromatic rings. The van der Waals surface area contributed by atoms with Crippen molar-refractivity contribution < 1.29 is 10.2 Å². The van der Waals surface area contributed by atoms with E-state index in [-0.39, 0.29) is 11.5 Å². The molecular formula is C18H28Br2O2. The van der Waals surface area contributed by atoms with Gasteiger partial charge in [0.05, 0.1) is 0 Å². The molecule has 0 aliphatic rings. The fraction of sp³-hybridized carbons (Fsp3) is 0.667. The molecule has 0 radical (unpaired) electrons. The maximum absolute atomic E-state index is 9.83. The molecular weight excluding hydrogens is 408 g/mol. The summed E-state index contributed by atoms with van der Waals surface area (Å²) >= 11 is 7.48. The topological polar surface area (TPSA) is 40.5 Å². The van der Waals surface area contributed by atoms with E-state index in [0.717, 1.165) is 18.4 Å². The van der Waals surface area contributed by atoms with Gasteiger partial charge in [0, 0.05) is 15.7 Å². The van der Waals surface area contributed by atoms with E-state index >= 15 is 0 Å². The van der Waals surface area contributed by atoms with Gasteiger partial charge in [-0.2, -0.15) is 0 Å². The van der Waals surface area contributed by atoms with Crippen molar-refractivity contribution in [3.8, 4) is 11.5 Å². The number of rotatable bonds is 11. The molecule has 1 aromatic carbocycles. The third kappa shape index (κ3) is 8.42. The number of phenolic OH excluding ortho intramolecular Hbond substituents is 2. The average molecular weight is 436 g/mol. The average Bonchev–Trinajstić information content (AvgIpc) is 2.45. The molecule has 0 saturated heterocycles. The molecule has 0 amide bonds. The maximum atomic E-state index is 9.83. The van der Waals surface area contributed by atoms with E-state index in [9.17, 15) is 10.2 Å². The van der Waals surface area contributed by atoms with Crippen LogP contribution in [0, 0.1) is 0 Å². The lowest BCUT2D eigenvalue weighted by molar-refractivity contribution is 0.445. The van der Waals surface area contributed by atoms with Crippen molar-refractivity contribution in [2.45, 2.75) is 74.4 Å². The van der Waals surface area contributed by atoms with E-state index in [1.54, 1.807) is 12.1 Å². The molecule has 2 nitrogen and oxygen atoms in total. The third-order valence-electron chi connectivity index (χ3n) is 3.89. The fourth-order valence-corrected chi connectivity index (χ4v) is 4.66. The molecule has 2 atom stereocenters. The number of benzene rings is 1. The molecule has 0 aliphatic carbocycles. The van der Waals surface area contributed by atoms with Gasteiger partial charge in [-0.15, -0.1) is 0 Å². The van der Waals surface area contributed by atoms with Gasteiger partial charge >= 0.3 is 0 Å². The molecule has 0 aliphatic heterocycles. The van der Waals surface area contributed by atoms with Crippen LogP contribution in [0.3, 0.4) is 0 Å². The Morgan fingerprint density at radius 3 is 2.32 bits per heavy atom. The predicted molar refractivity (Wildman–Crippen MR) is 102 cm³/mol. The second-order valence-electron chi connectivity index (χ2n) is 6.00. The van der Waals surface area contributed by atoms with Gasteiger partial charge in [-0.05, 0) is 30.9 Å². The highest BCUT2D eigenvalue weighted by molar-refractivity contribution is 9.10. The normalized spacial score (nSPS) is 14.0. The predicted octanol–water partition coefficient (Wildman–Crippen LogP) is 6.31. The van der Waals surface area contributed by atoms with Gasteiger partial charge in [-0.25, -0.2) is 0 Å². The molecule has 0 spiro atoms. The third-order valence-corrected chi connectivity index (χ3v) is 5.42. The van der Waals surface area contributed by atoms with Gasteiger partial charge < -0.3 is 10.2 Å². The first-order valence-electron chi connectivity index (χ1n) is 8.32. The van der Waals surface area contributed by atoms with Crippen LogP contribution in [0.25, 0.3) is 0 Å². The summed E-state index contributed by atoms with van der Waals surface area (Å²) in [5.41, 5.74) is 0.874. The highest BCUT2D eigenvalue weighted by Gasteiger charge is 2.14. The number of hydrogen-bond acceptors (Lipinski definition) is 2. The minimum absolute atomic E-state index is 0.105. The number of phenols is 2. The van der Waals surface area contributed by atoms with E-state index in [1.807, 2.05) is 0 Å². The molecule has 0 saturated carbocycles. The van der Waals surface area contributed by atoms with Crippen LogP contribution in [-0.4, -0.2) is 19.9 Å². The van der Waals surface area contributed by atoms with E-state index < -0.39 is 0 Å². The summed E-state index contributed by atoms with van der Waals surface area (Å²) in [5, 5.41) is 19.1. The SMILES string of the molecule is CCCCCCCCC(Br)CC(Br)Cc1ccc(O)cc1O. The molecule has 2 N–H and O–H groups in total. The summed E-state index contributed by atoms with van der Waals surface area (Å²) < 4.78 is 0. The van der Waals surface area contributed by atoms with Crippen molar-refractivity contribution in [2.75, 3.05) is 0 Å². The van der Waals surface area contributed by atoms with E-state index in [0.29, 0.717) is 9.65 Å². The molecule has 2 unspecified atom stereocenters. The summed E-state index contributed by atoms with van der Waals surface area (Å²) in [6.07, 6.45) is 11.0. The summed E-state index contributed by atoms with van der Waals surface area (Å²) in [4.78, 5) is 0.842. The minimum Gasteiger partial charge on any atom is -0.508 e. The Labute approximate surface area is 151 Å². The van der Waals surface area contributed by atoms with Gasteiger partial charge in [0.25, 0.3) is 0 Å². The highest BCUT2D eigenvalue weighted by atomic mass is 79.9. The lowest BCUT2D eigenvalue weighted by atomic mass is 10.0. The number of aromatic hydroxyl groups is 2.